The van der Waals surface area contributed by atoms with Crippen molar-refractivity contribution in [2.24, 2.45) is 0 Å². The molecular weight excluding hydrogens is 132 g/mol. The van der Waals surface area contributed by atoms with Crippen LogP contribution in [0, 0.1) is 11.3 Å². The summed E-state index contributed by atoms with van der Waals surface area (Å²) in [5.74, 6) is -2.07. The molecule has 5 heteroatoms. The van der Waals surface area contributed by atoms with Crippen LogP contribution in [-0.2, 0) is 4.79 Å². The Morgan fingerprint density at radius 2 is 1.89 bits per heavy atom. The Morgan fingerprint density at radius 1 is 1.78 bits per heavy atom. The topological polar surface area (TPSA) is 61.1 Å². The first-order valence-electron chi connectivity index (χ1n) is 1.88. The second-order valence-electron chi connectivity index (χ2n) is 0.863. The van der Waals surface area contributed by atoms with Crippen molar-refractivity contribution in [2.75, 3.05) is 0 Å². The highest BCUT2D eigenvalue weighted by Gasteiger charge is 2.10. The van der Waals surface area contributed by atoms with Crippen LogP contribution in [0.5, 0.6) is 0 Å². The SMILES string of the molecule is CC#N.O=C(O)C(F)F. The zero-order valence-electron chi connectivity index (χ0n) is 4.64. The number of hydrogen-bond donors (Lipinski definition) is 1. The van der Waals surface area contributed by atoms with Crippen LogP contribution < -0.4 is 0 Å². The van der Waals surface area contributed by atoms with Crippen molar-refractivity contribution in [1.29, 1.82) is 5.26 Å². The van der Waals surface area contributed by atoms with E-state index in [-0.39, 0.29) is 0 Å². The van der Waals surface area contributed by atoms with Crippen LogP contribution >= 0.6 is 0 Å². The molecule has 0 aliphatic heterocycles. The summed E-state index contributed by atoms with van der Waals surface area (Å²) in [5, 5.41) is 14.6. The van der Waals surface area contributed by atoms with E-state index in [1.807, 2.05) is 0 Å². The van der Waals surface area contributed by atoms with E-state index in [0.29, 0.717) is 0 Å². The summed E-state index contributed by atoms with van der Waals surface area (Å²) in [6.45, 7) is 1.43. The van der Waals surface area contributed by atoms with Crippen molar-refractivity contribution in [3.63, 3.8) is 0 Å². The Kier molecular flexibility index (Phi) is 8.14. The van der Waals surface area contributed by atoms with Gasteiger partial charge in [-0.3, -0.25) is 0 Å². The normalized spacial score (nSPS) is 7.00. The molecule has 3 nitrogen and oxygen atoms in total. The summed E-state index contributed by atoms with van der Waals surface area (Å²) in [5.41, 5.74) is 0. The molecule has 0 saturated heterocycles. The summed E-state index contributed by atoms with van der Waals surface area (Å²) >= 11 is 0. The largest absolute Gasteiger partial charge is 0.477 e. The van der Waals surface area contributed by atoms with Crippen LogP contribution in [0.25, 0.3) is 0 Å². The van der Waals surface area contributed by atoms with Gasteiger partial charge in [-0.1, -0.05) is 0 Å². The van der Waals surface area contributed by atoms with E-state index in [4.69, 9.17) is 15.2 Å². The molecule has 0 aromatic carbocycles. The Morgan fingerprint density at radius 3 is 1.89 bits per heavy atom. The second-order valence-corrected chi connectivity index (χ2v) is 0.863. The average molecular weight is 137 g/mol. The number of carbonyl (C=O) groups is 1. The van der Waals surface area contributed by atoms with Gasteiger partial charge in [0.1, 0.15) is 0 Å². The zero-order valence-corrected chi connectivity index (χ0v) is 4.64. The predicted molar refractivity (Wildman–Crippen MR) is 24.9 cm³/mol. The molecule has 0 aliphatic carbocycles. The third-order valence-electron chi connectivity index (χ3n) is 0.187. The number of alkyl halides is 2. The molecule has 0 atom stereocenters. The smallest absolute Gasteiger partial charge is 0.371 e. The lowest BCUT2D eigenvalue weighted by molar-refractivity contribution is -0.149. The molecular formula is C4H5F2NO2. The average Bonchev–Trinajstić information content (AvgIpc) is 1.68. The fourth-order valence-corrected chi connectivity index (χ4v) is 0. The Bertz CT molecular complexity index is 118. The quantitative estimate of drug-likeness (QED) is 0.583. The van der Waals surface area contributed by atoms with Crippen LogP contribution in [0.2, 0.25) is 0 Å². The molecule has 9 heavy (non-hydrogen) atoms. The van der Waals surface area contributed by atoms with Gasteiger partial charge in [0.05, 0.1) is 6.07 Å². The molecule has 0 aliphatic rings. The lowest BCUT2D eigenvalue weighted by Crippen LogP contribution is -2.06. The highest BCUT2D eigenvalue weighted by molar-refractivity contribution is 5.70. The van der Waals surface area contributed by atoms with Crippen molar-refractivity contribution in [1.82, 2.24) is 0 Å². The third kappa shape index (κ3) is 19.9. The Balaban J connectivity index is 0. The Hall–Kier alpha value is -1.18. The fourth-order valence-electron chi connectivity index (χ4n) is 0. The maximum Gasteiger partial charge on any atom is 0.371 e. The van der Waals surface area contributed by atoms with Gasteiger partial charge >= 0.3 is 12.4 Å². The molecule has 0 aromatic rings. The molecule has 0 heterocycles. The van der Waals surface area contributed by atoms with E-state index in [9.17, 15) is 8.78 Å². The zero-order chi connectivity index (χ0) is 7.86. The number of carboxylic acids is 1. The number of nitriles is 1. The van der Waals surface area contributed by atoms with Gasteiger partial charge in [0, 0.05) is 6.92 Å². The van der Waals surface area contributed by atoms with E-state index in [1.165, 1.54) is 6.92 Å². The summed E-state index contributed by atoms with van der Waals surface area (Å²) < 4.78 is 21.1. The molecule has 0 spiro atoms. The van der Waals surface area contributed by atoms with Crippen LogP contribution in [0.4, 0.5) is 8.78 Å². The number of hydrogen-bond acceptors (Lipinski definition) is 2. The van der Waals surface area contributed by atoms with Gasteiger partial charge in [-0.05, 0) is 0 Å². The molecule has 0 unspecified atom stereocenters. The fraction of sp³-hybridized carbons (Fsp3) is 0.500. The first kappa shape index (κ1) is 10.7. The van der Waals surface area contributed by atoms with Crippen molar-refractivity contribution in [2.45, 2.75) is 13.3 Å². The number of nitrogens with zero attached hydrogens (tertiary/aromatic N) is 1. The van der Waals surface area contributed by atoms with Crippen molar-refractivity contribution >= 4 is 5.97 Å². The second kappa shape index (κ2) is 6.82. The highest BCUT2D eigenvalue weighted by Crippen LogP contribution is 1.87. The van der Waals surface area contributed by atoms with Crippen LogP contribution in [-0.4, -0.2) is 17.5 Å². The van der Waals surface area contributed by atoms with Crippen LogP contribution in [0.3, 0.4) is 0 Å². The lowest BCUT2D eigenvalue weighted by atomic mass is 10.7. The molecule has 52 valence electrons. The van der Waals surface area contributed by atoms with Gasteiger partial charge in [-0.25, -0.2) is 4.79 Å². The maximum absolute atomic E-state index is 10.6. The molecule has 0 amide bonds. The number of halogens is 2. The van der Waals surface area contributed by atoms with Gasteiger partial charge in [0.2, 0.25) is 0 Å². The first-order chi connectivity index (χ1) is 4.06. The van der Waals surface area contributed by atoms with E-state index in [1.54, 1.807) is 6.07 Å². The Labute approximate surface area is 50.5 Å². The minimum Gasteiger partial charge on any atom is -0.477 e. The number of rotatable bonds is 1. The number of carboxylic acid groups (broad SMARTS) is 1. The summed E-state index contributed by atoms with van der Waals surface area (Å²) in [4.78, 5) is 8.95. The van der Waals surface area contributed by atoms with Gasteiger partial charge in [-0.2, -0.15) is 14.0 Å². The molecule has 0 bridgehead atoms. The first-order valence-corrected chi connectivity index (χ1v) is 1.88. The van der Waals surface area contributed by atoms with Crippen molar-refractivity contribution in [3.8, 4) is 6.07 Å². The van der Waals surface area contributed by atoms with Crippen LogP contribution in [0.1, 0.15) is 6.92 Å². The molecule has 0 rings (SSSR count). The molecule has 0 fully saturated rings. The summed E-state index contributed by atoms with van der Waals surface area (Å²) in [7, 11) is 0. The maximum atomic E-state index is 10.6. The van der Waals surface area contributed by atoms with Gasteiger partial charge in [0.15, 0.2) is 0 Å². The van der Waals surface area contributed by atoms with Gasteiger partial charge < -0.3 is 5.11 Å². The lowest BCUT2D eigenvalue weighted by Gasteiger charge is -1.81. The van der Waals surface area contributed by atoms with Gasteiger partial charge in [0.25, 0.3) is 0 Å². The van der Waals surface area contributed by atoms with Gasteiger partial charge in [-0.15, -0.1) is 0 Å². The van der Waals surface area contributed by atoms with Crippen LogP contribution in [0.15, 0.2) is 0 Å². The number of aliphatic carboxylic acids is 1. The van der Waals surface area contributed by atoms with E-state index >= 15 is 0 Å². The molecule has 0 radical (unpaired) electrons. The van der Waals surface area contributed by atoms with Crippen molar-refractivity contribution < 1.29 is 18.7 Å². The van der Waals surface area contributed by atoms with E-state index < -0.39 is 12.4 Å². The standard InChI is InChI=1S/C2H2F2O2.C2H3N/c3-1(4)2(5)6;1-2-3/h1H,(H,5,6);1H3. The minimum atomic E-state index is -3.23. The summed E-state index contributed by atoms with van der Waals surface area (Å²) in [6.07, 6.45) is -3.23. The minimum absolute atomic E-state index is 1.43. The highest BCUT2D eigenvalue weighted by atomic mass is 19.3. The molecule has 0 saturated carbocycles. The monoisotopic (exact) mass is 137 g/mol. The van der Waals surface area contributed by atoms with Crippen molar-refractivity contribution in [3.05, 3.63) is 0 Å². The summed E-state index contributed by atoms with van der Waals surface area (Å²) in [6, 6.07) is 1.75. The predicted octanol–water partition coefficient (Wildman–Crippen LogP) is 0.866. The molecule has 1 N–H and O–H groups in total. The molecule has 0 aromatic heterocycles. The van der Waals surface area contributed by atoms with E-state index in [0.717, 1.165) is 0 Å². The third-order valence-corrected chi connectivity index (χ3v) is 0.187. The van der Waals surface area contributed by atoms with E-state index in [2.05, 4.69) is 0 Å².